The van der Waals surface area contributed by atoms with Gasteiger partial charge in [0.05, 0.1) is 13.2 Å². The highest BCUT2D eigenvalue weighted by Crippen LogP contribution is 2.41. The van der Waals surface area contributed by atoms with E-state index in [1.807, 2.05) is 0 Å². The lowest BCUT2D eigenvalue weighted by atomic mass is 9.67. The molecule has 0 radical (unpaired) electrons. The Labute approximate surface area is 64.3 Å². The third-order valence-corrected chi connectivity index (χ3v) is 2.23. The molecule has 0 atom stereocenters. The molecule has 0 unspecified atom stereocenters. The minimum Gasteiger partial charge on any atom is -0.396 e. The maximum absolute atomic E-state index is 8.84. The third-order valence-electron chi connectivity index (χ3n) is 2.23. The molecule has 5 heteroatoms. The molecule has 11 heavy (non-hydrogen) atoms. The lowest BCUT2D eigenvalue weighted by molar-refractivity contribution is -0.0235. The van der Waals surface area contributed by atoms with Gasteiger partial charge in [0.25, 0.3) is 0 Å². The van der Waals surface area contributed by atoms with Crippen LogP contribution in [0.3, 0.4) is 0 Å². The first-order chi connectivity index (χ1) is 5.26. The van der Waals surface area contributed by atoms with Crippen LogP contribution in [0.1, 0.15) is 12.8 Å². The van der Waals surface area contributed by atoms with Gasteiger partial charge >= 0.3 is 0 Å². The van der Waals surface area contributed by atoms with Gasteiger partial charge in [-0.3, -0.25) is 0 Å². The SMILES string of the molecule is N=[N+]=NC1CC(CO)(CO)C1. The molecule has 0 aliphatic heterocycles. The second kappa shape index (κ2) is 3.09. The van der Waals surface area contributed by atoms with Crippen molar-refractivity contribution >= 4 is 0 Å². The van der Waals surface area contributed by atoms with E-state index >= 15 is 0 Å². The van der Waals surface area contributed by atoms with Crippen molar-refractivity contribution in [2.45, 2.75) is 18.9 Å². The van der Waals surface area contributed by atoms with Gasteiger partial charge in [0.15, 0.2) is 0 Å². The van der Waals surface area contributed by atoms with Gasteiger partial charge in [0.1, 0.15) is 16.7 Å². The quantitative estimate of drug-likeness (QED) is 0.387. The van der Waals surface area contributed by atoms with Crippen LogP contribution in [0.5, 0.6) is 0 Å². The lowest BCUT2D eigenvalue weighted by Crippen LogP contribution is -2.45. The number of hydrogen-bond donors (Lipinski definition) is 3. The zero-order valence-electron chi connectivity index (χ0n) is 6.19. The Kier molecular flexibility index (Phi) is 2.34. The van der Waals surface area contributed by atoms with Gasteiger partial charge in [-0.2, -0.15) is 0 Å². The molecule has 0 spiro atoms. The Morgan fingerprint density at radius 3 is 2.36 bits per heavy atom. The van der Waals surface area contributed by atoms with Gasteiger partial charge < -0.3 is 10.2 Å². The molecule has 1 aliphatic rings. The number of hydrogen-bond acceptors (Lipinski definition) is 4. The van der Waals surface area contributed by atoms with E-state index in [1.54, 1.807) is 0 Å². The highest BCUT2D eigenvalue weighted by Gasteiger charge is 2.46. The highest BCUT2D eigenvalue weighted by molar-refractivity contribution is 4.96. The monoisotopic (exact) mass is 158 g/mol. The standard InChI is InChI=1S/C6H12N3O2/c7-9-8-5-1-6(2-5,3-10)4-11/h5,7,10-11H,1-4H2/q+1. The van der Waals surface area contributed by atoms with Gasteiger partial charge in [-0.15, -0.1) is 0 Å². The van der Waals surface area contributed by atoms with Gasteiger partial charge in [-0.25, -0.2) is 0 Å². The molecule has 62 valence electrons. The van der Waals surface area contributed by atoms with Crippen LogP contribution in [-0.2, 0) is 0 Å². The maximum atomic E-state index is 8.84. The van der Waals surface area contributed by atoms with E-state index in [1.165, 1.54) is 0 Å². The number of nitrogens with zero attached hydrogens (tertiary/aromatic N) is 2. The Morgan fingerprint density at radius 1 is 1.45 bits per heavy atom. The molecule has 0 aromatic heterocycles. The number of rotatable bonds is 3. The van der Waals surface area contributed by atoms with Crippen molar-refractivity contribution in [3.8, 4) is 0 Å². The fourth-order valence-electron chi connectivity index (χ4n) is 1.41. The van der Waals surface area contributed by atoms with E-state index < -0.39 is 0 Å². The molecule has 5 nitrogen and oxygen atoms in total. The molecule has 0 saturated heterocycles. The summed E-state index contributed by atoms with van der Waals surface area (Å²) in [5.41, 5.74) is 6.10. The predicted molar refractivity (Wildman–Crippen MR) is 36.9 cm³/mol. The topological polar surface area (TPSA) is 90.8 Å². The Hall–Kier alpha value is -0.770. The van der Waals surface area contributed by atoms with E-state index in [2.05, 4.69) is 10.0 Å². The van der Waals surface area contributed by atoms with Crippen molar-refractivity contribution < 1.29 is 10.2 Å². The summed E-state index contributed by atoms with van der Waals surface area (Å²) in [6, 6.07) is 0.0341. The zero-order valence-corrected chi connectivity index (χ0v) is 6.19. The van der Waals surface area contributed by atoms with Crippen molar-refractivity contribution in [2.24, 2.45) is 10.5 Å². The molecule has 1 aliphatic carbocycles. The van der Waals surface area contributed by atoms with E-state index in [0.717, 1.165) is 0 Å². The zero-order chi connectivity index (χ0) is 8.32. The molecule has 1 saturated carbocycles. The van der Waals surface area contributed by atoms with Crippen LogP contribution in [0.25, 0.3) is 0 Å². The largest absolute Gasteiger partial charge is 0.396 e. The number of aliphatic hydroxyl groups is 2. The van der Waals surface area contributed by atoms with E-state index in [-0.39, 0.29) is 24.7 Å². The molecule has 0 bridgehead atoms. The molecule has 0 aromatic rings. The van der Waals surface area contributed by atoms with Crippen LogP contribution in [-0.4, -0.2) is 29.5 Å². The average molecular weight is 158 g/mol. The third kappa shape index (κ3) is 1.45. The van der Waals surface area contributed by atoms with Gasteiger partial charge in [-0.05, 0) is 12.8 Å². The highest BCUT2D eigenvalue weighted by atomic mass is 16.3. The summed E-state index contributed by atoms with van der Waals surface area (Å²) in [6.45, 7) is -0.0129. The van der Waals surface area contributed by atoms with Gasteiger partial charge in [0, 0.05) is 5.41 Å². The minimum absolute atomic E-state index is 0.00643. The summed E-state index contributed by atoms with van der Waals surface area (Å²) in [6.07, 6.45) is 1.28. The van der Waals surface area contributed by atoms with E-state index in [0.29, 0.717) is 12.8 Å². The molecule has 1 rings (SSSR count). The average Bonchev–Trinajstić information content (AvgIpc) is 1.96. The molecule has 1 fully saturated rings. The molecular weight excluding hydrogens is 146 g/mol. The van der Waals surface area contributed by atoms with Gasteiger partial charge in [-0.1, -0.05) is 0 Å². The molecule has 3 N–H and O–H groups in total. The number of nitrogens with one attached hydrogen (secondary N) is 1. The first-order valence-corrected chi connectivity index (χ1v) is 3.54. The molecule has 0 heterocycles. The summed E-state index contributed by atoms with van der Waals surface area (Å²) >= 11 is 0. The van der Waals surface area contributed by atoms with Crippen LogP contribution in [0, 0.1) is 10.9 Å². The van der Waals surface area contributed by atoms with Crippen molar-refractivity contribution in [1.29, 1.82) is 5.53 Å². The second-order valence-electron chi connectivity index (χ2n) is 3.09. The summed E-state index contributed by atoms with van der Waals surface area (Å²) in [4.78, 5) is 2.90. The second-order valence-corrected chi connectivity index (χ2v) is 3.09. The first kappa shape index (κ1) is 8.33. The van der Waals surface area contributed by atoms with Crippen molar-refractivity contribution in [2.75, 3.05) is 13.2 Å². The summed E-state index contributed by atoms with van der Waals surface area (Å²) in [5.74, 6) is 0. The smallest absolute Gasteiger partial charge is 0.214 e. The van der Waals surface area contributed by atoms with E-state index in [4.69, 9.17) is 15.7 Å². The Balaban J connectivity index is 2.41. The molecular formula is C6H12N3O2+. The maximum Gasteiger partial charge on any atom is 0.214 e. The van der Waals surface area contributed by atoms with Gasteiger partial charge in [0.2, 0.25) is 4.91 Å². The normalized spacial score (nSPS) is 22.0. The van der Waals surface area contributed by atoms with Crippen LogP contribution in [0.4, 0.5) is 0 Å². The Morgan fingerprint density at radius 2 is 2.00 bits per heavy atom. The fraction of sp³-hybridized carbons (Fsp3) is 1.00. The van der Waals surface area contributed by atoms with Crippen molar-refractivity contribution in [3.05, 3.63) is 0 Å². The predicted octanol–water partition coefficient (Wildman–Crippen LogP) is -0.330. The first-order valence-electron chi connectivity index (χ1n) is 3.54. The summed E-state index contributed by atoms with van der Waals surface area (Å²) < 4.78 is 0. The summed E-state index contributed by atoms with van der Waals surface area (Å²) in [7, 11) is 0. The fourth-order valence-corrected chi connectivity index (χ4v) is 1.41. The lowest BCUT2D eigenvalue weighted by Gasteiger charge is -2.40. The van der Waals surface area contributed by atoms with E-state index in [9.17, 15) is 0 Å². The van der Waals surface area contributed by atoms with Crippen molar-refractivity contribution in [1.82, 2.24) is 4.91 Å². The Bertz CT molecular complexity index is 176. The van der Waals surface area contributed by atoms with Crippen LogP contribution in [0.2, 0.25) is 0 Å². The van der Waals surface area contributed by atoms with Crippen LogP contribution < -0.4 is 4.91 Å². The number of aliphatic hydroxyl groups excluding tert-OH is 2. The summed E-state index contributed by atoms with van der Waals surface area (Å²) in [5, 5.41) is 21.3. The molecule has 0 amide bonds. The minimum atomic E-state index is -0.348. The van der Waals surface area contributed by atoms with Crippen LogP contribution in [0.15, 0.2) is 5.11 Å². The molecule has 0 aromatic carbocycles. The van der Waals surface area contributed by atoms with Crippen molar-refractivity contribution in [3.63, 3.8) is 0 Å². The van der Waals surface area contributed by atoms with Crippen LogP contribution >= 0.6 is 0 Å².